The van der Waals surface area contributed by atoms with Crippen LogP contribution < -0.4 is 10.1 Å². The first kappa shape index (κ1) is 13.6. The quantitative estimate of drug-likeness (QED) is 0.914. The van der Waals surface area contributed by atoms with Crippen molar-refractivity contribution in [3.63, 3.8) is 0 Å². The Hall–Kier alpha value is -0.870. The Morgan fingerprint density at radius 1 is 1.50 bits per heavy atom. The fourth-order valence-corrected chi connectivity index (χ4v) is 3.11. The lowest BCUT2D eigenvalue weighted by Crippen LogP contribution is -2.12. The fraction of sp³-hybridized carbons (Fsp3) is 0.462. The van der Waals surface area contributed by atoms with Crippen molar-refractivity contribution in [2.45, 2.75) is 19.9 Å². The number of hydrogen-bond donors (Lipinski definition) is 1. The molecule has 0 saturated carbocycles. The maximum absolute atomic E-state index is 6.08. The highest BCUT2D eigenvalue weighted by atomic mass is 35.5. The molecule has 0 unspecified atom stereocenters. The fourth-order valence-electron chi connectivity index (χ4n) is 1.67. The van der Waals surface area contributed by atoms with E-state index in [0.717, 1.165) is 16.6 Å². The minimum atomic E-state index is 0.409. The molecule has 1 aromatic carbocycles. The smallest absolute Gasteiger partial charge is 0.161 e. The molecule has 0 spiro atoms. The largest absolute Gasteiger partial charge is 0.495 e. The summed E-state index contributed by atoms with van der Waals surface area (Å²) in [5, 5.41) is 4.86. The summed E-state index contributed by atoms with van der Waals surface area (Å²) >= 11 is 7.84. The zero-order valence-electron chi connectivity index (χ0n) is 10.7. The summed E-state index contributed by atoms with van der Waals surface area (Å²) in [7, 11) is 1.61. The molecule has 3 nitrogen and oxygen atoms in total. The predicted octanol–water partition coefficient (Wildman–Crippen LogP) is 3.89. The van der Waals surface area contributed by atoms with Crippen LogP contribution in [0.25, 0.3) is 0 Å². The molecule has 0 radical (unpaired) electrons. The van der Waals surface area contributed by atoms with Gasteiger partial charge < -0.3 is 10.1 Å². The molecule has 1 aliphatic rings. The highest BCUT2D eigenvalue weighted by Crippen LogP contribution is 2.29. The van der Waals surface area contributed by atoms with Gasteiger partial charge in [-0.25, -0.2) is 0 Å². The van der Waals surface area contributed by atoms with E-state index in [0.29, 0.717) is 22.7 Å². The number of nitrogens with zero attached hydrogens (tertiary/aromatic N) is 1. The maximum atomic E-state index is 6.08. The first-order chi connectivity index (χ1) is 8.60. The van der Waals surface area contributed by atoms with Crippen LogP contribution in [-0.2, 0) is 0 Å². The number of nitrogens with one attached hydrogen (secondary N) is 1. The zero-order chi connectivity index (χ0) is 13.1. The molecule has 2 rings (SSSR count). The Morgan fingerprint density at radius 3 is 2.83 bits per heavy atom. The number of ether oxygens (including phenoxy) is 1. The Labute approximate surface area is 117 Å². The first-order valence-electron chi connectivity index (χ1n) is 5.91. The molecule has 5 heteroatoms. The van der Waals surface area contributed by atoms with E-state index in [4.69, 9.17) is 16.3 Å². The van der Waals surface area contributed by atoms with Crippen LogP contribution in [0.2, 0.25) is 5.02 Å². The van der Waals surface area contributed by atoms with Crippen LogP contribution in [0.15, 0.2) is 23.2 Å². The van der Waals surface area contributed by atoms with E-state index in [9.17, 15) is 0 Å². The predicted molar refractivity (Wildman–Crippen MR) is 80.1 cm³/mol. The molecule has 98 valence electrons. The number of aliphatic imine (C=N–C) groups is 1. The molecule has 0 aliphatic carbocycles. The molecule has 1 aliphatic heterocycles. The summed E-state index contributed by atoms with van der Waals surface area (Å²) < 4.78 is 5.12. The molecule has 0 fully saturated rings. The van der Waals surface area contributed by atoms with Crippen LogP contribution in [0.5, 0.6) is 5.75 Å². The first-order valence-corrected chi connectivity index (χ1v) is 7.27. The summed E-state index contributed by atoms with van der Waals surface area (Å²) in [5.41, 5.74) is 0.941. The Kier molecular flexibility index (Phi) is 4.40. The summed E-state index contributed by atoms with van der Waals surface area (Å²) in [6, 6.07) is 6.05. The van der Waals surface area contributed by atoms with Crippen LogP contribution in [0, 0.1) is 5.92 Å². The van der Waals surface area contributed by atoms with Crippen molar-refractivity contribution in [3.05, 3.63) is 23.2 Å². The Morgan fingerprint density at radius 2 is 2.28 bits per heavy atom. The topological polar surface area (TPSA) is 33.6 Å². The van der Waals surface area contributed by atoms with Gasteiger partial charge in [0.2, 0.25) is 0 Å². The van der Waals surface area contributed by atoms with Gasteiger partial charge in [-0.05, 0) is 24.1 Å². The van der Waals surface area contributed by atoms with Gasteiger partial charge in [0.25, 0.3) is 0 Å². The van der Waals surface area contributed by atoms with Crippen LogP contribution >= 0.6 is 23.4 Å². The third-order valence-electron chi connectivity index (χ3n) is 2.85. The molecule has 0 amide bonds. The van der Waals surface area contributed by atoms with Gasteiger partial charge in [0.1, 0.15) is 5.75 Å². The van der Waals surface area contributed by atoms with E-state index in [2.05, 4.69) is 24.2 Å². The van der Waals surface area contributed by atoms with Gasteiger partial charge in [-0.2, -0.15) is 0 Å². The second kappa shape index (κ2) is 5.85. The molecule has 0 saturated heterocycles. The minimum Gasteiger partial charge on any atom is -0.495 e. The van der Waals surface area contributed by atoms with E-state index in [1.54, 1.807) is 18.9 Å². The number of rotatable bonds is 3. The van der Waals surface area contributed by atoms with Gasteiger partial charge >= 0.3 is 0 Å². The number of thioether (sulfide) groups is 1. The second-order valence-corrected chi connectivity index (χ2v) is 5.95. The molecule has 1 heterocycles. The summed E-state index contributed by atoms with van der Waals surface area (Å²) in [4.78, 5) is 4.65. The van der Waals surface area contributed by atoms with E-state index in [-0.39, 0.29) is 0 Å². The normalized spacial score (nSPS) is 18.9. The highest BCUT2D eigenvalue weighted by Gasteiger charge is 2.21. The lowest BCUT2D eigenvalue weighted by molar-refractivity contribution is 0.415. The van der Waals surface area contributed by atoms with Crippen molar-refractivity contribution < 1.29 is 4.74 Å². The van der Waals surface area contributed by atoms with Crippen molar-refractivity contribution in [1.29, 1.82) is 0 Å². The van der Waals surface area contributed by atoms with Gasteiger partial charge in [0, 0.05) is 11.4 Å². The van der Waals surface area contributed by atoms with Crippen LogP contribution in [0.1, 0.15) is 13.8 Å². The van der Waals surface area contributed by atoms with E-state index >= 15 is 0 Å². The third kappa shape index (κ3) is 3.12. The van der Waals surface area contributed by atoms with E-state index in [1.165, 1.54) is 0 Å². The van der Waals surface area contributed by atoms with Crippen LogP contribution in [-0.4, -0.2) is 24.1 Å². The monoisotopic (exact) mass is 284 g/mol. The van der Waals surface area contributed by atoms with Crippen molar-refractivity contribution in [2.24, 2.45) is 10.9 Å². The van der Waals surface area contributed by atoms with Crippen LogP contribution in [0.3, 0.4) is 0 Å². The van der Waals surface area contributed by atoms with E-state index < -0.39 is 0 Å². The molecule has 1 atom stereocenters. The zero-order valence-corrected chi connectivity index (χ0v) is 12.3. The number of methoxy groups -OCH3 is 1. The lowest BCUT2D eigenvalue weighted by Gasteiger charge is -2.08. The summed E-state index contributed by atoms with van der Waals surface area (Å²) in [5.74, 6) is 2.31. The van der Waals surface area contributed by atoms with Gasteiger partial charge in [-0.1, -0.05) is 37.2 Å². The second-order valence-electron chi connectivity index (χ2n) is 4.53. The molecular weight excluding hydrogens is 268 g/mol. The number of hydrogen-bond acceptors (Lipinski definition) is 4. The standard InChI is InChI=1S/C13H17ClN2OS/c1-8(2)11-7-18-13(16-11)15-9-4-5-12(17-3)10(14)6-9/h4-6,8,11H,7H2,1-3H3,(H,15,16)/t11-/m1/s1. The van der Waals surface area contributed by atoms with Gasteiger partial charge in [0.05, 0.1) is 18.2 Å². The van der Waals surface area contributed by atoms with Crippen molar-refractivity contribution in [3.8, 4) is 5.75 Å². The average Bonchev–Trinajstić information content (AvgIpc) is 2.78. The number of anilines is 1. The van der Waals surface area contributed by atoms with Crippen molar-refractivity contribution in [2.75, 3.05) is 18.2 Å². The number of benzene rings is 1. The SMILES string of the molecule is COc1ccc(NC2=N[C@@H](C(C)C)CS2)cc1Cl. The molecular formula is C13H17ClN2OS. The third-order valence-corrected chi connectivity index (χ3v) is 4.13. The average molecular weight is 285 g/mol. The molecule has 0 aromatic heterocycles. The summed E-state index contributed by atoms with van der Waals surface area (Å²) in [6.45, 7) is 4.39. The summed E-state index contributed by atoms with van der Waals surface area (Å²) in [6.07, 6.45) is 0. The van der Waals surface area contributed by atoms with Crippen molar-refractivity contribution >= 4 is 34.2 Å². The van der Waals surface area contributed by atoms with E-state index in [1.807, 2.05) is 18.2 Å². The van der Waals surface area contributed by atoms with Gasteiger partial charge in [-0.15, -0.1) is 0 Å². The van der Waals surface area contributed by atoms with Crippen LogP contribution in [0.4, 0.5) is 5.69 Å². The number of halogens is 1. The highest BCUT2D eigenvalue weighted by molar-refractivity contribution is 8.14. The lowest BCUT2D eigenvalue weighted by atomic mass is 10.1. The van der Waals surface area contributed by atoms with Gasteiger partial charge in [-0.3, -0.25) is 4.99 Å². The molecule has 1 N–H and O–H groups in total. The minimum absolute atomic E-state index is 0.409. The molecule has 0 bridgehead atoms. The Bertz CT molecular complexity index is 462. The number of amidine groups is 1. The molecule has 18 heavy (non-hydrogen) atoms. The van der Waals surface area contributed by atoms with Crippen molar-refractivity contribution in [1.82, 2.24) is 0 Å². The molecule has 1 aromatic rings. The maximum Gasteiger partial charge on any atom is 0.161 e. The Balaban J connectivity index is 2.06. The van der Waals surface area contributed by atoms with Gasteiger partial charge in [0.15, 0.2) is 5.17 Å².